The monoisotopic (exact) mass is 533 g/mol. The van der Waals surface area contributed by atoms with Gasteiger partial charge in [0.15, 0.2) is 11.5 Å². The lowest BCUT2D eigenvalue weighted by Gasteiger charge is -2.11. The van der Waals surface area contributed by atoms with Gasteiger partial charge < -0.3 is 10.3 Å². The lowest BCUT2D eigenvalue weighted by Crippen LogP contribution is -2.27. The molecule has 0 atom stereocenters. The average molecular weight is 534 g/mol. The number of H-pyrrole nitrogens is 2. The first-order valence-electron chi connectivity index (χ1n) is 13.3. The molecular formula is C31H28FN7O. The Bertz CT molecular complexity index is 1790. The fraction of sp³-hybridized carbons (Fsp3) is 0.194. The smallest absolute Gasteiger partial charge is 0.227 e. The molecule has 1 fully saturated rings. The van der Waals surface area contributed by atoms with Crippen molar-refractivity contribution >= 4 is 33.5 Å². The second kappa shape index (κ2) is 10.7. The van der Waals surface area contributed by atoms with E-state index in [1.165, 1.54) is 12.1 Å². The molecule has 5 aromatic rings. The number of halogens is 1. The van der Waals surface area contributed by atoms with Crippen LogP contribution in [0.25, 0.3) is 50.3 Å². The van der Waals surface area contributed by atoms with E-state index in [4.69, 9.17) is 9.97 Å². The topological polar surface area (TPSA) is 112 Å². The summed E-state index contributed by atoms with van der Waals surface area (Å²) in [6, 6.07) is 10.1. The number of pyridine rings is 2. The van der Waals surface area contributed by atoms with Crippen LogP contribution in [0.15, 0.2) is 79.3 Å². The minimum atomic E-state index is -0.303. The number of rotatable bonds is 7. The van der Waals surface area contributed by atoms with Gasteiger partial charge in [0.05, 0.1) is 28.4 Å². The maximum absolute atomic E-state index is 13.5. The minimum Gasteiger partial charge on any atom is -0.335 e. The van der Waals surface area contributed by atoms with E-state index < -0.39 is 0 Å². The molecule has 0 bridgehead atoms. The quantitative estimate of drug-likeness (QED) is 0.207. The summed E-state index contributed by atoms with van der Waals surface area (Å²) in [7, 11) is 0. The molecular weight excluding hydrogens is 505 g/mol. The Morgan fingerprint density at radius 1 is 1.05 bits per heavy atom. The van der Waals surface area contributed by atoms with Crippen molar-refractivity contribution in [2.45, 2.75) is 32.6 Å². The number of nitrogens with zero attached hydrogens (tertiary/aromatic N) is 4. The normalized spacial score (nSPS) is 14.8. The Labute approximate surface area is 230 Å². The summed E-state index contributed by atoms with van der Waals surface area (Å²) in [5, 5.41) is 10.6. The van der Waals surface area contributed by atoms with Gasteiger partial charge in [-0.2, -0.15) is 5.10 Å². The van der Waals surface area contributed by atoms with Crippen molar-refractivity contribution < 1.29 is 9.18 Å². The van der Waals surface area contributed by atoms with Crippen molar-refractivity contribution in [2.24, 2.45) is 5.92 Å². The van der Waals surface area contributed by atoms with Gasteiger partial charge in [0.1, 0.15) is 11.3 Å². The van der Waals surface area contributed by atoms with Gasteiger partial charge in [-0.05, 0) is 55.7 Å². The van der Waals surface area contributed by atoms with Gasteiger partial charge in [0, 0.05) is 28.9 Å². The van der Waals surface area contributed by atoms with Crippen LogP contribution in [0.5, 0.6) is 0 Å². The first kappa shape index (κ1) is 25.4. The Morgan fingerprint density at radius 3 is 2.62 bits per heavy atom. The zero-order valence-corrected chi connectivity index (χ0v) is 22.0. The number of fused-ring (bicyclic) bond motifs is 2. The van der Waals surface area contributed by atoms with Gasteiger partial charge in [-0.25, -0.2) is 14.4 Å². The van der Waals surface area contributed by atoms with E-state index in [1.54, 1.807) is 30.6 Å². The summed E-state index contributed by atoms with van der Waals surface area (Å²) >= 11 is 0. The van der Waals surface area contributed by atoms with Crippen molar-refractivity contribution in [1.29, 1.82) is 0 Å². The van der Waals surface area contributed by atoms with Gasteiger partial charge in [0.2, 0.25) is 5.91 Å². The molecule has 0 saturated heterocycles. The molecule has 1 aliphatic rings. The Morgan fingerprint density at radius 2 is 1.85 bits per heavy atom. The van der Waals surface area contributed by atoms with Crippen molar-refractivity contribution in [1.82, 2.24) is 35.5 Å². The molecule has 9 heteroatoms. The highest BCUT2D eigenvalue weighted by molar-refractivity contribution is 5.96. The molecule has 8 nitrogen and oxygen atoms in total. The molecule has 0 unspecified atom stereocenters. The van der Waals surface area contributed by atoms with Crippen LogP contribution >= 0.6 is 0 Å². The number of amides is 1. The van der Waals surface area contributed by atoms with Crippen LogP contribution in [0.2, 0.25) is 0 Å². The molecule has 1 amide bonds. The maximum atomic E-state index is 13.5. The third-order valence-corrected chi connectivity index (χ3v) is 7.19. The average Bonchev–Trinajstić information content (AvgIpc) is 3.72. The lowest BCUT2D eigenvalue weighted by atomic mass is 10.1. The molecule has 4 aromatic heterocycles. The van der Waals surface area contributed by atoms with Crippen LogP contribution in [-0.2, 0) is 4.79 Å². The summed E-state index contributed by atoms with van der Waals surface area (Å²) in [5.41, 5.74) is 7.24. The van der Waals surface area contributed by atoms with Gasteiger partial charge in [-0.3, -0.25) is 14.9 Å². The number of nitrogens with one attached hydrogen (secondary N) is 3. The number of allylic oxidation sites excluding steroid dienone is 5. The summed E-state index contributed by atoms with van der Waals surface area (Å²) < 4.78 is 13.5. The molecule has 200 valence electrons. The van der Waals surface area contributed by atoms with E-state index >= 15 is 0 Å². The van der Waals surface area contributed by atoms with E-state index in [2.05, 4.69) is 32.1 Å². The maximum Gasteiger partial charge on any atom is 0.227 e. The number of hydrogen-bond acceptors (Lipinski definition) is 5. The van der Waals surface area contributed by atoms with Crippen molar-refractivity contribution in [3.63, 3.8) is 0 Å². The third kappa shape index (κ3) is 4.93. The molecule has 40 heavy (non-hydrogen) atoms. The first-order valence-corrected chi connectivity index (χ1v) is 13.3. The summed E-state index contributed by atoms with van der Waals surface area (Å²) in [5.74, 6) is 0.388. The highest BCUT2D eigenvalue weighted by atomic mass is 19.1. The molecule has 4 heterocycles. The number of aromatic nitrogens is 6. The number of carbonyl (C=O) groups excluding carboxylic acids is 1. The van der Waals surface area contributed by atoms with E-state index in [9.17, 15) is 9.18 Å². The fourth-order valence-electron chi connectivity index (χ4n) is 5.20. The molecule has 0 spiro atoms. The Hall–Kier alpha value is -4.92. The SMILES string of the molecule is C=C/C=C(\C=C(/C)NC(=O)C1CCCC1)c1ccc2[nH]nc(-c3nc4c(-c5ccc(F)cc5)cncc4[nH]3)c2n1. The molecule has 3 N–H and O–H groups in total. The Kier molecular flexibility index (Phi) is 6.77. The highest BCUT2D eigenvalue weighted by Gasteiger charge is 2.23. The zero-order valence-electron chi connectivity index (χ0n) is 22.0. The van der Waals surface area contributed by atoms with Crippen LogP contribution in [0.4, 0.5) is 4.39 Å². The number of imidazole rings is 1. The van der Waals surface area contributed by atoms with E-state index in [0.717, 1.165) is 59.1 Å². The number of carbonyl (C=O) groups is 1. The number of aromatic amines is 2. The van der Waals surface area contributed by atoms with Gasteiger partial charge in [-0.1, -0.05) is 43.7 Å². The van der Waals surface area contributed by atoms with Crippen molar-refractivity contribution in [3.8, 4) is 22.6 Å². The standard InChI is InChI=1S/C31H28FN7O/c1-3-6-21(15-18(2)34-31(40)20-7-4-5-8-20)24-13-14-25-28(35-24)29(39-38-25)30-36-26-17-33-16-23(27(26)37-30)19-9-11-22(32)12-10-19/h3,6,9-17,20H,1,4-5,7-8H2,2H3,(H,34,40)(H,36,37)(H,38,39)/b18-15+,21-6+. The second-order valence-corrected chi connectivity index (χ2v) is 10.00. The number of hydrogen-bond donors (Lipinski definition) is 3. The molecule has 1 aliphatic carbocycles. The summed E-state index contributed by atoms with van der Waals surface area (Å²) in [4.78, 5) is 30.0. The Balaban J connectivity index is 1.35. The van der Waals surface area contributed by atoms with Crippen LogP contribution in [0.1, 0.15) is 38.3 Å². The zero-order chi connectivity index (χ0) is 27.6. The largest absolute Gasteiger partial charge is 0.335 e. The van der Waals surface area contributed by atoms with E-state index in [1.807, 2.05) is 31.2 Å². The van der Waals surface area contributed by atoms with Crippen LogP contribution in [0.3, 0.4) is 0 Å². The first-order chi connectivity index (χ1) is 19.5. The minimum absolute atomic E-state index is 0.0733. The molecule has 0 radical (unpaired) electrons. The molecule has 1 saturated carbocycles. The lowest BCUT2D eigenvalue weighted by molar-refractivity contribution is -0.124. The van der Waals surface area contributed by atoms with Crippen molar-refractivity contribution in [2.75, 3.05) is 0 Å². The predicted octanol–water partition coefficient (Wildman–Crippen LogP) is 6.48. The van der Waals surface area contributed by atoms with Gasteiger partial charge in [0.25, 0.3) is 0 Å². The van der Waals surface area contributed by atoms with Gasteiger partial charge >= 0.3 is 0 Å². The fourth-order valence-corrected chi connectivity index (χ4v) is 5.20. The van der Waals surface area contributed by atoms with E-state index in [0.29, 0.717) is 28.2 Å². The second-order valence-electron chi connectivity index (χ2n) is 10.00. The predicted molar refractivity (Wildman–Crippen MR) is 154 cm³/mol. The van der Waals surface area contributed by atoms with Gasteiger partial charge in [-0.15, -0.1) is 0 Å². The van der Waals surface area contributed by atoms with E-state index in [-0.39, 0.29) is 17.6 Å². The highest BCUT2D eigenvalue weighted by Crippen LogP contribution is 2.31. The molecule has 1 aromatic carbocycles. The number of benzene rings is 1. The van der Waals surface area contributed by atoms with Crippen LogP contribution < -0.4 is 5.32 Å². The molecule has 6 rings (SSSR count). The van der Waals surface area contributed by atoms with Crippen LogP contribution in [0, 0.1) is 11.7 Å². The molecule has 0 aliphatic heterocycles. The third-order valence-electron chi connectivity index (χ3n) is 7.19. The van der Waals surface area contributed by atoms with Crippen LogP contribution in [-0.4, -0.2) is 36.0 Å². The summed E-state index contributed by atoms with van der Waals surface area (Å²) in [6.45, 7) is 5.74. The summed E-state index contributed by atoms with van der Waals surface area (Å²) in [6.07, 6.45) is 13.0. The van der Waals surface area contributed by atoms with Crippen molar-refractivity contribution in [3.05, 3.63) is 90.8 Å².